The van der Waals surface area contributed by atoms with Gasteiger partial charge in [0, 0.05) is 5.92 Å². The molecule has 0 heterocycles. The third-order valence-corrected chi connectivity index (χ3v) is 3.17. The van der Waals surface area contributed by atoms with Crippen LogP contribution >= 0.6 is 0 Å². The van der Waals surface area contributed by atoms with E-state index in [0.29, 0.717) is 5.92 Å². The fourth-order valence-electron chi connectivity index (χ4n) is 2.14. The van der Waals surface area contributed by atoms with Gasteiger partial charge in [0.15, 0.2) is 0 Å². The zero-order valence-electron chi connectivity index (χ0n) is 10.1. The van der Waals surface area contributed by atoms with E-state index >= 15 is 0 Å². The summed E-state index contributed by atoms with van der Waals surface area (Å²) in [6.45, 7) is 6.43. The van der Waals surface area contributed by atoms with Crippen molar-refractivity contribution in [2.75, 3.05) is 0 Å². The second kappa shape index (κ2) is 5.89. The third-order valence-electron chi connectivity index (χ3n) is 3.17. The highest BCUT2D eigenvalue weighted by Gasteiger charge is 2.19. The van der Waals surface area contributed by atoms with Crippen molar-refractivity contribution in [2.24, 2.45) is 11.8 Å². The molecule has 0 unspecified atom stereocenters. The van der Waals surface area contributed by atoms with Crippen LogP contribution in [0.15, 0.2) is 23.3 Å². The molecule has 15 heavy (non-hydrogen) atoms. The van der Waals surface area contributed by atoms with Crippen molar-refractivity contribution in [3.8, 4) is 0 Å². The van der Waals surface area contributed by atoms with Gasteiger partial charge in [-0.05, 0) is 45.4 Å². The van der Waals surface area contributed by atoms with Gasteiger partial charge < -0.3 is 4.79 Å². The van der Waals surface area contributed by atoms with Crippen molar-refractivity contribution in [2.45, 2.75) is 46.5 Å². The minimum atomic E-state index is 0.261. The van der Waals surface area contributed by atoms with E-state index in [4.69, 9.17) is 0 Å². The van der Waals surface area contributed by atoms with Gasteiger partial charge in [-0.1, -0.05) is 30.2 Å². The Kier molecular flexibility index (Phi) is 4.80. The van der Waals surface area contributed by atoms with Gasteiger partial charge in [-0.3, -0.25) is 0 Å². The summed E-state index contributed by atoms with van der Waals surface area (Å²) >= 11 is 0. The van der Waals surface area contributed by atoms with E-state index in [0.717, 1.165) is 25.5 Å². The van der Waals surface area contributed by atoms with E-state index in [1.807, 2.05) is 0 Å². The summed E-state index contributed by atoms with van der Waals surface area (Å²) in [7, 11) is 0. The molecule has 84 valence electrons. The fourth-order valence-corrected chi connectivity index (χ4v) is 2.14. The minimum Gasteiger partial charge on any atom is -0.303 e. The van der Waals surface area contributed by atoms with E-state index in [1.54, 1.807) is 0 Å². The van der Waals surface area contributed by atoms with E-state index in [-0.39, 0.29) is 5.92 Å². The van der Waals surface area contributed by atoms with Crippen molar-refractivity contribution in [1.29, 1.82) is 0 Å². The Hall–Kier alpha value is -0.850. The monoisotopic (exact) mass is 206 g/mol. The van der Waals surface area contributed by atoms with Crippen molar-refractivity contribution in [3.63, 3.8) is 0 Å². The average molecular weight is 206 g/mol. The molecule has 0 amide bonds. The molecule has 1 nitrogen and oxygen atoms in total. The van der Waals surface area contributed by atoms with Crippen molar-refractivity contribution in [3.05, 3.63) is 23.3 Å². The maximum Gasteiger partial charge on any atom is 0.123 e. The first-order chi connectivity index (χ1) is 7.13. The topological polar surface area (TPSA) is 17.1 Å². The van der Waals surface area contributed by atoms with Gasteiger partial charge >= 0.3 is 0 Å². The Labute approximate surface area is 93.3 Å². The summed E-state index contributed by atoms with van der Waals surface area (Å²) in [5.41, 5.74) is 2.93. The Morgan fingerprint density at radius 2 is 2.27 bits per heavy atom. The van der Waals surface area contributed by atoms with Gasteiger partial charge in [0.25, 0.3) is 0 Å². The van der Waals surface area contributed by atoms with Crippen LogP contribution in [-0.2, 0) is 4.79 Å². The summed E-state index contributed by atoms with van der Waals surface area (Å²) in [5.74, 6) is 0.704. The Bertz CT molecular complexity index is 269. The smallest absolute Gasteiger partial charge is 0.123 e. The molecule has 0 spiro atoms. The Morgan fingerprint density at radius 1 is 1.53 bits per heavy atom. The molecule has 0 bridgehead atoms. The molecule has 2 atom stereocenters. The fraction of sp³-hybridized carbons (Fsp3) is 0.643. The Balaban J connectivity index is 2.44. The van der Waals surface area contributed by atoms with Crippen LogP contribution in [0.2, 0.25) is 0 Å². The first-order valence-corrected chi connectivity index (χ1v) is 5.91. The van der Waals surface area contributed by atoms with Gasteiger partial charge in [-0.25, -0.2) is 0 Å². The van der Waals surface area contributed by atoms with Crippen LogP contribution in [0, 0.1) is 11.8 Å². The SMILES string of the molecule is CC(C)=CCCC1=C[C@@H](C)[C@H](C=O)CC1. The van der Waals surface area contributed by atoms with Crippen molar-refractivity contribution < 1.29 is 4.79 Å². The maximum atomic E-state index is 10.7. The number of rotatable bonds is 4. The number of carbonyl (C=O) groups excluding carboxylic acids is 1. The van der Waals surface area contributed by atoms with E-state index in [2.05, 4.69) is 32.9 Å². The molecule has 0 aromatic heterocycles. The predicted octanol–water partition coefficient (Wildman–Crippen LogP) is 3.90. The molecule has 1 aliphatic carbocycles. The molecule has 0 N–H and O–H groups in total. The molecule has 0 aromatic carbocycles. The number of allylic oxidation sites excluding steroid dienone is 4. The average Bonchev–Trinajstić information content (AvgIpc) is 2.17. The molecule has 0 aromatic rings. The van der Waals surface area contributed by atoms with E-state index < -0.39 is 0 Å². The molecule has 0 fully saturated rings. The largest absolute Gasteiger partial charge is 0.303 e. The normalized spacial score (nSPS) is 25.7. The van der Waals surface area contributed by atoms with Crippen molar-refractivity contribution in [1.82, 2.24) is 0 Å². The lowest BCUT2D eigenvalue weighted by Crippen LogP contribution is -2.16. The highest BCUT2D eigenvalue weighted by molar-refractivity contribution is 5.55. The molecular formula is C14H22O. The number of hydrogen-bond donors (Lipinski definition) is 0. The van der Waals surface area contributed by atoms with Crippen LogP contribution in [0.25, 0.3) is 0 Å². The zero-order chi connectivity index (χ0) is 11.3. The summed E-state index contributed by atoms with van der Waals surface area (Å²) in [4.78, 5) is 10.7. The van der Waals surface area contributed by atoms with E-state index in [1.165, 1.54) is 17.6 Å². The molecule has 0 saturated carbocycles. The highest BCUT2D eigenvalue weighted by atomic mass is 16.1. The summed E-state index contributed by atoms with van der Waals surface area (Å²) in [5, 5.41) is 0. The third kappa shape index (κ3) is 4.03. The first-order valence-electron chi connectivity index (χ1n) is 5.91. The quantitative estimate of drug-likeness (QED) is 0.503. The molecule has 0 aliphatic heterocycles. The highest BCUT2D eigenvalue weighted by Crippen LogP contribution is 2.29. The number of hydrogen-bond acceptors (Lipinski definition) is 1. The molecular weight excluding hydrogens is 184 g/mol. The van der Waals surface area contributed by atoms with E-state index in [9.17, 15) is 4.79 Å². The van der Waals surface area contributed by atoms with Gasteiger partial charge in [0.05, 0.1) is 0 Å². The van der Waals surface area contributed by atoms with Crippen LogP contribution in [0.4, 0.5) is 0 Å². The first kappa shape index (κ1) is 12.2. The maximum absolute atomic E-state index is 10.7. The summed E-state index contributed by atoms with van der Waals surface area (Å²) in [6.07, 6.45) is 10.2. The number of carbonyl (C=O) groups is 1. The summed E-state index contributed by atoms with van der Waals surface area (Å²) in [6, 6.07) is 0. The number of aldehydes is 1. The molecule has 0 saturated heterocycles. The van der Waals surface area contributed by atoms with Gasteiger partial charge in [-0.2, -0.15) is 0 Å². The van der Waals surface area contributed by atoms with Gasteiger partial charge in [0.1, 0.15) is 6.29 Å². The van der Waals surface area contributed by atoms with Crippen LogP contribution in [0.3, 0.4) is 0 Å². The lowest BCUT2D eigenvalue weighted by atomic mass is 9.81. The molecule has 1 rings (SSSR count). The van der Waals surface area contributed by atoms with Crippen LogP contribution in [0.1, 0.15) is 46.5 Å². The van der Waals surface area contributed by atoms with Gasteiger partial charge in [0.2, 0.25) is 0 Å². The summed E-state index contributed by atoms with van der Waals surface area (Å²) < 4.78 is 0. The van der Waals surface area contributed by atoms with Crippen molar-refractivity contribution >= 4 is 6.29 Å². The minimum absolute atomic E-state index is 0.261. The second-order valence-corrected chi connectivity index (χ2v) is 4.84. The lowest BCUT2D eigenvalue weighted by molar-refractivity contribution is -0.112. The van der Waals surface area contributed by atoms with Gasteiger partial charge in [-0.15, -0.1) is 0 Å². The second-order valence-electron chi connectivity index (χ2n) is 4.84. The molecule has 0 radical (unpaired) electrons. The molecule has 1 aliphatic rings. The standard InChI is InChI=1S/C14H22O/c1-11(2)5-4-6-13-7-8-14(10-15)12(3)9-13/h5,9-10,12,14H,4,6-8H2,1-3H3/t12-,14+/m1/s1. The Morgan fingerprint density at radius 3 is 2.80 bits per heavy atom. The molecule has 1 heteroatoms. The lowest BCUT2D eigenvalue weighted by Gasteiger charge is -2.23. The van der Waals surface area contributed by atoms with Crippen LogP contribution in [-0.4, -0.2) is 6.29 Å². The predicted molar refractivity (Wildman–Crippen MR) is 64.7 cm³/mol. The zero-order valence-corrected chi connectivity index (χ0v) is 10.1. The van der Waals surface area contributed by atoms with Crippen LogP contribution < -0.4 is 0 Å². The van der Waals surface area contributed by atoms with Crippen LogP contribution in [0.5, 0.6) is 0 Å².